The Balaban J connectivity index is 4.35. The van der Waals surface area contributed by atoms with Crippen LogP contribution in [0.1, 0.15) is 13.3 Å². The molecule has 0 rings (SSSR count). The second-order valence-electron chi connectivity index (χ2n) is 1.95. The van der Waals surface area contributed by atoms with Crippen molar-refractivity contribution >= 4 is 13.8 Å². The molecule has 0 aromatic carbocycles. The predicted octanol–water partition coefficient (Wildman–Crippen LogP) is 1.58. The van der Waals surface area contributed by atoms with Crippen LogP contribution < -0.4 is 0 Å². The average Bonchev–Trinajstić information content (AvgIpc) is 2.16. The van der Waals surface area contributed by atoms with Crippen LogP contribution in [-0.4, -0.2) is 16.5 Å². The van der Waals surface area contributed by atoms with Gasteiger partial charge in [-0.25, -0.2) is 19.9 Å². The summed E-state index contributed by atoms with van der Waals surface area (Å²) in [5.41, 5.74) is -0.00525. The summed E-state index contributed by atoms with van der Waals surface area (Å²) in [5, 5.41) is 15.9. The summed E-state index contributed by atoms with van der Waals surface area (Å²) in [6.07, 6.45) is 0.260. The molecule has 0 unspecified atom stereocenters. The predicted molar refractivity (Wildman–Crippen MR) is 40.6 cm³/mol. The van der Waals surface area contributed by atoms with Crippen LogP contribution in [0.5, 0.6) is 0 Å². The molecule has 0 aliphatic heterocycles. The molecule has 0 radical (unpaired) electrons. The van der Waals surface area contributed by atoms with Gasteiger partial charge in [0.25, 0.3) is 0 Å². The molecular weight excluding hydrogens is 203 g/mol. The van der Waals surface area contributed by atoms with Crippen LogP contribution in [0.2, 0.25) is 0 Å². The Bertz CT molecular complexity index is 239. The van der Waals surface area contributed by atoms with Gasteiger partial charge in [-0.2, -0.15) is 0 Å². The maximum Gasteiger partial charge on any atom is 0.587 e. The summed E-state index contributed by atoms with van der Waals surface area (Å²) in [7, 11) is -4.60. The third kappa shape index (κ3) is 3.67. The smallest absolute Gasteiger partial charge is 0.364 e. The van der Waals surface area contributed by atoms with Crippen molar-refractivity contribution in [3.63, 3.8) is 0 Å². The van der Waals surface area contributed by atoms with E-state index in [1.807, 2.05) is 0 Å². The van der Waals surface area contributed by atoms with Gasteiger partial charge in [-0.15, -0.1) is 9.35 Å². The number of carbonyl (C=O) groups excluding carboxylic acids is 1. The normalized spacial score (nSPS) is 11.0. The summed E-state index contributed by atoms with van der Waals surface area (Å²) in [6, 6.07) is 0. The van der Waals surface area contributed by atoms with E-state index in [-0.39, 0.29) is 12.0 Å². The van der Waals surface area contributed by atoms with Crippen LogP contribution in [0.15, 0.2) is 12.2 Å². The minimum atomic E-state index is -4.60. The molecule has 13 heavy (non-hydrogen) atoms. The van der Waals surface area contributed by atoms with Crippen molar-refractivity contribution < 1.29 is 33.7 Å². The second kappa shape index (κ2) is 5.11. The Morgan fingerprint density at radius 1 is 1.46 bits per heavy atom. The second-order valence-corrected chi connectivity index (χ2v) is 3.35. The van der Waals surface area contributed by atoms with Crippen LogP contribution in [0.4, 0.5) is 0 Å². The molecule has 0 atom stereocenters. The van der Waals surface area contributed by atoms with Crippen molar-refractivity contribution in [2.24, 2.45) is 0 Å². The lowest BCUT2D eigenvalue weighted by Gasteiger charge is -2.09. The minimum Gasteiger partial charge on any atom is -0.364 e. The summed E-state index contributed by atoms with van der Waals surface area (Å²) >= 11 is 0. The van der Waals surface area contributed by atoms with Gasteiger partial charge in [-0.05, 0) is 6.42 Å². The van der Waals surface area contributed by atoms with Gasteiger partial charge in [0.05, 0.1) is 0 Å². The number of hydrogen-bond donors (Lipinski definition) is 2. The van der Waals surface area contributed by atoms with Gasteiger partial charge in [0.1, 0.15) is 0 Å². The third-order valence-corrected chi connectivity index (χ3v) is 1.90. The number of hydrogen-bond acceptors (Lipinski definition) is 7. The largest absolute Gasteiger partial charge is 0.587 e. The highest BCUT2D eigenvalue weighted by Crippen LogP contribution is 2.47. The van der Waals surface area contributed by atoms with E-state index < -0.39 is 13.8 Å². The fourth-order valence-corrected chi connectivity index (χ4v) is 0.787. The lowest BCUT2D eigenvalue weighted by Crippen LogP contribution is -2.06. The zero-order valence-corrected chi connectivity index (χ0v) is 7.69. The van der Waals surface area contributed by atoms with Gasteiger partial charge in [-0.1, -0.05) is 13.5 Å². The standard InChI is InChI=1S/C5H9O7P/c1-3-4(2)5(6)10-13(9,11-7)12-8/h7-8H,2-3H2,1H3. The Labute approximate surface area is 74.0 Å². The van der Waals surface area contributed by atoms with Gasteiger partial charge in [-0.3, -0.25) is 0 Å². The van der Waals surface area contributed by atoms with Gasteiger partial charge in [0, 0.05) is 5.57 Å². The summed E-state index contributed by atoms with van der Waals surface area (Å²) in [5.74, 6) is -1.09. The molecule has 7 nitrogen and oxygen atoms in total. The monoisotopic (exact) mass is 212 g/mol. The van der Waals surface area contributed by atoms with E-state index in [4.69, 9.17) is 10.5 Å². The van der Waals surface area contributed by atoms with Gasteiger partial charge in [0.15, 0.2) is 0 Å². The van der Waals surface area contributed by atoms with E-state index in [2.05, 4.69) is 20.5 Å². The molecule has 0 spiro atoms. The van der Waals surface area contributed by atoms with Crippen LogP contribution in [0.25, 0.3) is 0 Å². The van der Waals surface area contributed by atoms with Gasteiger partial charge in [0.2, 0.25) is 0 Å². The quantitative estimate of drug-likeness (QED) is 0.308. The molecule has 2 N–H and O–H groups in total. The zero-order chi connectivity index (χ0) is 10.5. The van der Waals surface area contributed by atoms with Crippen LogP contribution >= 0.6 is 7.82 Å². The number of rotatable bonds is 5. The fourth-order valence-electron chi connectivity index (χ4n) is 0.359. The molecule has 0 bridgehead atoms. The molecule has 0 saturated heterocycles. The van der Waals surface area contributed by atoms with E-state index in [1.165, 1.54) is 0 Å². The van der Waals surface area contributed by atoms with Crippen molar-refractivity contribution in [2.75, 3.05) is 0 Å². The van der Waals surface area contributed by atoms with E-state index in [1.54, 1.807) is 6.92 Å². The van der Waals surface area contributed by atoms with Crippen molar-refractivity contribution in [1.29, 1.82) is 0 Å². The Hall–Kier alpha value is -0.720. The number of carbonyl (C=O) groups is 1. The molecule has 0 amide bonds. The number of phosphoric acid groups is 1. The topological polar surface area (TPSA) is 102 Å². The van der Waals surface area contributed by atoms with E-state index in [0.717, 1.165) is 0 Å². The first kappa shape index (κ1) is 12.3. The van der Waals surface area contributed by atoms with Crippen molar-refractivity contribution in [1.82, 2.24) is 0 Å². The Kier molecular flexibility index (Phi) is 4.82. The molecule has 0 fully saturated rings. The first-order valence-corrected chi connectivity index (χ1v) is 4.63. The van der Waals surface area contributed by atoms with Crippen LogP contribution in [0, 0.1) is 0 Å². The summed E-state index contributed by atoms with van der Waals surface area (Å²) in [4.78, 5) is 10.8. The average molecular weight is 212 g/mol. The van der Waals surface area contributed by atoms with Crippen molar-refractivity contribution in [2.45, 2.75) is 13.3 Å². The summed E-state index contributed by atoms with van der Waals surface area (Å²) < 4.78 is 21.0. The summed E-state index contributed by atoms with van der Waals surface area (Å²) in [6.45, 7) is 4.86. The first-order chi connectivity index (χ1) is 5.99. The zero-order valence-electron chi connectivity index (χ0n) is 6.80. The molecular formula is C5H9O7P. The lowest BCUT2D eigenvalue weighted by molar-refractivity contribution is -0.227. The van der Waals surface area contributed by atoms with Crippen LogP contribution in [-0.2, 0) is 23.2 Å². The molecule has 76 valence electrons. The molecule has 0 heterocycles. The van der Waals surface area contributed by atoms with Crippen molar-refractivity contribution in [3.8, 4) is 0 Å². The van der Waals surface area contributed by atoms with E-state index >= 15 is 0 Å². The van der Waals surface area contributed by atoms with Gasteiger partial charge < -0.3 is 4.52 Å². The molecule has 8 heteroatoms. The molecule has 0 aliphatic rings. The maximum absolute atomic E-state index is 10.8. The molecule has 0 aromatic rings. The Morgan fingerprint density at radius 2 is 1.92 bits per heavy atom. The highest BCUT2D eigenvalue weighted by Gasteiger charge is 2.32. The van der Waals surface area contributed by atoms with E-state index in [0.29, 0.717) is 0 Å². The lowest BCUT2D eigenvalue weighted by atomic mass is 10.2. The first-order valence-electron chi connectivity index (χ1n) is 3.17. The SMILES string of the molecule is C=C(CC)C(=O)OP(=O)(OO)OO. The van der Waals surface area contributed by atoms with Crippen LogP contribution in [0.3, 0.4) is 0 Å². The molecule has 0 saturated carbocycles. The highest BCUT2D eigenvalue weighted by molar-refractivity contribution is 7.48. The fraction of sp³-hybridized carbons (Fsp3) is 0.400. The molecule has 0 aliphatic carbocycles. The molecule has 0 aromatic heterocycles. The third-order valence-electron chi connectivity index (χ3n) is 1.11. The Morgan fingerprint density at radius 3 is 2.23 bits per heavy atom. The van der Waals surface area contributed by atoms with Gasteiger partial charge >= 0.3 is 13.8 Å². The minimum absolute atomic E-state index is 0.00525. The highest BCUT2D eigenvalue weighted by atomic mass is 31.2. The van der Waals surface area contributed by atoms with E-state index in [9.17, 15) is 9.36 Å². The van der Waals surface area contributed by atoms with Crippen molar-refractivity contribution in [3.05, 3.63) is 12.2 Å². The maximum atomic E-state index is 10.8.